The van der Waals surface area contributed by atoms with Crippen molar-refractivity contribution in [1.82, 2.24) is 9.97 Å². The molecule has 2 aromatic heterocycles. The highest BCUT2D eigenvalue weighted by atomic mass is 16.1. The Balaban J connectivity index is 2.94. The molecule has 0 aliphatic rings. The lowest BCUT2D eigenvalue weighted by Gasteiger charge is -2.01. The van der Waals surface area contributed by atoms with Gasteiger partial charge in [0.15, 0.2) is 0 Å². The standard InChI is InChI=1S/C10H10N2O/c1-6-3-7(2)12-9-4-10(13)11-5-8(6)9/h3-5H,1-2H3,(H,11,13). The van der Waals surface area contributed by atoms with Gasteiger partial charge in [-0.05, 0) is 25.5 Å². The number of fused-ring (bicyclic) bond motifs is 1. The van der Waals surface area contributed by atoms with E-state index in [9.17, 15) is 4.79 Å². The average Bonchev–Trinajstić information content (AvgIpc) is 2.02. The van der Waals surface area contributed by atoms with Crippen molar-refractivity contribution < 1.29 is 0 Å². The second kappa shape index (κ2) is 2.69. The summed E-state index contributed by atoms with van der Waals surface area (Å²) >= 11 is 0. The number of pyridine rings is 2. The molecule has 0 fully saturated rings. The summed E-state index contributed by atoms with van der Waals surface area (Å²) in [6.45, 7) is 3.93. The molecule has 3 nitrogen and oxygen atoms in total. The monoisotopic (exact) mass is 174 g/mol. The third-order valence-corrected chi connectivity index (χ3v) is 2.05. The molecule has 0 unspecified atom stereocenters. The second-order valence-electron chi connectivity index (χ2n) is 3.18. The summed E-state index contributed by atoms with van der Waals surface area (Å²) in [6.07, 6.45) is 1.71. The van der Waals surface area contributed by atoms with Gasteiger partial charge in [0.1, 0.15) is 0 Å². The summed E-state index contributed by atoms with van der Waals surface area (Å²) in [6, 6.07) is 3.52. The molecular weight excluding hydrogens is 164 g/mol. The minimum Gasteiger partial charge on any atom is -0.328 e. The van der Waals surface area contributed by atoms with E-state index < -0.39 is 0 Å². The zero-order valence-electron chi connectivity index (χ0n) is 7.59. The van der Waals surface area contributed by atoms with E-state index in [4.69, 9.17) is 0 Å². The van der Waals surface area contributed by atoms with E-state index in [0.29, 0.717) is 0 Å². The molecule has 1 N–H and O–H groups in total. The molecule has 2 heterocycles. The summed E-state index contributed by atoms with van der Waals surface area (Å²) in [5.74, 6) is 0. The maximum atomic E-state index is 11.0. The predicted molar refractivity (Wildman–Crippen MR) is 51.8 cm³/mol. The van der Waals surface area contributed by atoms with E-state index >= 15 is 0 Å². The molecule has 2 aromatic rings. The van der Waals surface area contributed by atoms with E-state index in [-0.39, 0.29) is 5.56 Å². The highest BCUT2D eigenvalue weighted by Crippen LogP contribution is 2.13. The first-order valence-corrected chi connectivity index (χ1v) is 4.13. The third-order valence-electron chi connectivity index (χ3n) is 2.05. The zero-order chi connectivity index (χ0) is 9.42. The van der Waals surface area contributed by atoms with Gasteiger partial charge in [0.2, 0.25) is 5.56 Å². The normalized spacial score (nSPS) is 10.6. The van der Waals surface area contributed by atoms with Crippen LogP contribution in [0.15, 0.2) is 23.1 Å². The molecule has 0 saturated heterocycles. The van der Waals surface area contributed by atoms with Gasteiger partial charge in [0.25, 0.3) is 0 Å². The molecule has 0 spiro atoms. The van der Waals surface area contributed by atoms with Crippen LogP contribution in [-0.2, 0) is 0 Å². The fourth-order valence-electron chi connectivity index (χ4n) is 1.48. The number of H-pyrrole nitrogens is 1. The van der Waals surface area contributed by atoms with Gasteiger partial charge in [-0.2, -0.15) is 0 Å². The van der Waals surface area contributed by atoms with Gasteiger partial charge in [0.05, 0.1) is 5.52 Å². The summed E-state index contributed by atoms with van der Waals surface area (Å²) in [5, 5.41) is 1.00. The van der Waals surface area contributed by atoms with Crippen LogP contribution in [0.25, 0.3) is 10.9 Å². The van der Waals surface area contributed by atoms with Gasteiger partial charge in [-0.25, -0.2) is 0 Å². The molecule has 0 aliphatic carbocycles. The minimum absolute atomic E-state index is 0.106. The molecule has 0 radical (unpaired) electrons. The van der Waals surface area contributed by atoms with E-state index in [1.54, 1.807) is 6.20 Å². The summed E-state index contributed by atoms with van der Waals surface area (Å²) in [5.41, 5.74) is 2.74. The van der Waals surface area contributed by atoms with E-state index in [0.717, 1.165) is 22.2 Å². The van der Waals surface area contributed by atoms with Gasteiger partial charge < -0.3 is 4.98 Å². The summed E-state index contributed by atoms with van der Waals surface area (Å²) < 4.78 is 0. The SMILES string of the molecule is Cc1cc(C)c2c[nH]c(=O)cc2n1. The maximum Gasteiger partial charge on any atom is 0.250 e. The van der Waals surface area contributed by atoms with Crippen molar-refractivity contribution in [2.24, 2.45) is 0 Å². The summed E-state index contributed by atoms with van der Waals surface area (Å²) in [7, 11) is 0. The molecule has 66 valence electrons. The van der Waals surface area contributed by atoms with Crippen LogP contribution in [-0.4, -0.2) is 9.97 Å². The Labute approximate surface area is 75.4 Å². The topological polar surface area (TPSA) is 45.8 Å². The van der Waals surface area contributed by atoms with Crippen LogP contribution in [0.2, 0.25) is 0 Å². The highest BCUT2D eigenvalue weighted by molar-refractivity contribution is 5.80. The molecule has 0 atom stereocenters. The Morgan fingerprint density at radius 2 is 2.08 bits per heavy atom. The Hall–Kier alpha value is -1.64. The van der Waals surface area contributed by atoms with Crippen LogP contribution >= 0.6 is 0 Å². The predicted octanol–water partition coefficient (Wildman–Crippen LogP) is 1.54. The van der Waals surface area contributed by atoms with Crippen LogP contribution in [0.1, 0.15) is 11.3 Å². The lowest BCUT2D eigenvalue weighted by Crippen LogP contribution is -2.03. The van der Waals surface area contributed by atoms with Crippen molar-refractivity contribution in [3.63, 3.8) is 0 Å². The molecular formula is C10H10N2O. The first-order valence-electron chi connectivity index (χ1n) is 4.13. The van der Waals surface area contributed by atoms with E-state index in [1.165, 1.54) is 6.07 Å². The second-order valence-corrected chi connectivity index (χ2v) is 3.18. The number of rotatable bonds is 0. The molecule has 0 aromatic carbocycles. The lowest BCUT2D eigenvalue weighted by molar-refractivity contribution is 1.19. The quantitative estimate of drug-likeness (QED) is 0.658. The Morgan fingerprint density at radius 1 is 1.31 bits per heavy atom. The van der Waals surface area contributed by atoms with E-state index in [2.05, 4.69) is 9.97 Å². The fraction of sp³-hybridized carbons (Fsp3) is 0.200. The number of aromatic nitrogens is 2. The smallest absolute Gasteiger partial charge is 0.250 e. The van der Waals surface area contributed by atoms with Crippen molar-refractivity contribution in [1.29, 1.82) is 0 Å². The van der Waals surface area contributed by atoms with Crippen LogP contribution in [0.5, 0.6) is 0 Å². The van der Waals surface area contributed by atoms with Crippen molar-refractivity contribution >= 4 is 10.9 Å². The lowest BCUT2D eigenvalue weighted by atomic mass is 10.1. The number of nitrogens with one attached hydrogen (secondary N) is 1. The number of hydrogen-bond acceptors (Lipinski definition) is 2. The van der Waals surface area contributed by atoms with Crippen molar-refractivity contribution in [3.05, 3.63) is 39.9 Å². The minimum atomic E-state index is -0.106. The molecule has 3 heteroatoms. The van der Waals surface area contributed by atoms with Gasteiger partial charge >= 0.3 is 0 Å². The fourth-order valence-corrected chi connectivity index (χ4v) is 1.48. The van der Waals surface area contributed by atoms with Crippen LogP contribution in [0.4, 0.5) is 0 Å². The Morgan fingerprint density at radius 3 is 2.85 bits per heavy atom. The first kappa shape index (κ1) is 7.98. The zero-order valence-corrected chi connectivity index (χ0v) is 7.59. The van der Waals surface area contributed by atoms with Crippen molar-refractivity contribution in [2.75, 3.05) is 0 Å². The Bertz CT molecular complexity index is 514. The highest BCUT2D eigenvalue weighted by Gasteiger charge is 1.99. The molecule has 13 heavy (non-hydrogen) atoms. The van der Waals surface area contributed by atoms with Crippen molar-refractivity contribution in [3.8, 4) is 0 Å². The summed E-state index contributed by atoms with van der Waals surface area (Å²) in [4.78, 5) is 17.9. The van der Waals surface area contributed by atoms with Gasteiger partial charge in [-0.3, -0.25) is 9.78 Å². The number of nitrogens with zero attached hydrogens (tertiary/aromatic N) is 1. The average molecular weight is 174 g/mol. The van der Waals surface area contributed by atoms with Crippen LogP contribution < -0.4 is 5.56 Å². The number of aromatic amines is 1. The molecule has 0 bridgehead atoms. The van der Waals surface area contributed by atoms with Crippen LogP contribution in [0, 0.1) is 13.8 Å². The van der Waals surface area contributed by atoms with Gasteiger partial charge in [-0.1, -0.05) is 0 Å². The molecule has 2 rings (SSSR count). The Kier molecular flexibility index (Phi) is 1.65. The molecule has 0 saturated carbocycles. The molecule has 0 aliphatic heterocycles. The third kappa shape index (κ3) is 1.33. The largest absolute Gasteiger partial charge is 0.328 e. The van der Waals surface area contributed by atoms with Crippen molar-refractivity contribution in [2.45, 2.75) is 13.8 Å². The maximum absolute atomic E-state index is 11.0. The van der Waals surface area contributed by atoms with Crippen LogP contribution in [0.3, 0.4) is 0 Å². The van der Waals surface area contributed by atoms with Gasteiger partial charge in [0, 0.05) is 23.3 Å². The van der Waals surface area contributed by atoms with E-state index in [1.807, 2.05) is 19.9 Å². The molecule has 0 amide bonds. The number of aryl methyl sites for hydroxylation is 2. The van der Waals surface area contributed by atoms with Gasteiger partial charge in [-0.15, -0.1) is 0 Å². The number of hydrogen-bond donors (Lipinski definition) is 1. The first-order chi connectivity index (χ1) is 6.16.